The molecule has 0 saturated heterocycles. The number of anilines is 1. The smallest absolute Gasteiger partial charge is 0.194 e. The molecule has 3 aliphatic rings. The summed E-state index contributed by atoms with van der Waals surface area (Å²) in [6.07, 6.45) is 20.9. The molecule has 0 fully saturated rings. The lowest BCUT2D eigenvalue weighted by Crippen LogP contribution is -2.25. The number of rotatable bonds is 14. The quantitative estimate of drug-likeness (QED) is 0.0735. The maximum Gasteiger partial charge on any atom is 0.194 e. The van der Waals surface area contributed by atoms with Crippen molar-refractivity contribution in [2.24, 2.45) is 0 Å². The second kappa shape index (κ2) is 16.9. The van der Waals surface area contributed by atoms with Gasteiger partial charge in [-0.2, -0.15) is 10.5 Å². The lowest BCUT2D eigenvalue weighted by molar-refractivity contribution is 0.104. The summed E-state index contributed by atoms with van der Waals surface area (Å²) in [6.45, 7) is 6.84. The number of Topliss-reactive ketones (excluding diaryl/α,β-unsaturated/α-hetero) is 1. The maximum atomic E-state index is 13.5. The Balaban J connectivity index is 1.08. The Hall–Kier alpha value is -4.75. The molecule has 0 N–H and O–H groups in total. The zero-order valence-electron chi connectivity index (χ0n) is 31.0. The van der Waals surface area contributed by atoms with E-state index in [0.717, 1.165) is 43.6 Å². The van der Waals surface area contributed by atoms with Gasteiger partial charge in [0.1, 0.15) is 17.7 Å². The minimum absolute atomic E-state index is 0.0209. The van der Waals surface area contributed by atoms with Crippen LogP contribution in [0.3, 0.4) is 0 Å². The first-order valence-corrected chi connectivity index (χ1v) is 21.1. The van der Waals surface area contributed by atoms with Crippen LogP contribution in [0.4, 0.5) is 5.69 Å². The van der Waals surface area contributed by atoms with Crippen LogP contribution in [-0.2, 0) is 12.8 Å². The van der Waals surface area contributed by atoms with Crippen LogP contribution in [0.1, 0.15) is 130 Å². The molecule has 0 unspecified atom stereocenters. The lowest BCUT2D eigenvalue weighted by atomic mass is 9.99. The summed E-state index contributed by atoms with van der Waals surface area (Å²) >= 11 is 3.64. The third-order valence-corrected chi connectivity index (χ3v) is 13.2. The monoisotopic (exact) mass is 733 g/mol. The van der Waals surface area contributed by atoms with Gasteiger partial charge in [-0.1, -0.05) is 94.8 Å². The highest BCUT2D eigenvalue weighted by molar-refractivity contribution is 7.15. The number of fused-ring (bicyclic) bond motifs is 3. The number of allylic oxidation sites excluding steroid dienone is 5. The van der Waals surface area contributed by atoms with E-state index in [1.54, 1.807) is 17.4 Å². The van der Waals surface area contributed by atoms with Crippen LogP contribution in [0.25, 0.3) is 34.9 Å². The number of hydrogen-bond acceptors (Lipinski definition) is 6. The van der Waals surface area contributed by atoms with Crippen LogP contribution in [0.5, 0.6) is 0 Å². The fraction of sp³-hybridized carbons (Fsp3) is 0.340. The molecule has 2 aromatic carbocycles. The molecule has 6 heteroatoms. The Labute approximate surface area is 323 Å². The van der Waals surface area contributed by atoms with Crippen molar-refractivity contribution in [1.82, 2.24) is 0 Å². The number of carbonyl (C=O) groups excluding carboxylic acids is 1. The lowest BCUT2D eigenvalue weighted by Gasteiger charge is -2.25. The van der Waals surface area contributed by atoms with E-state index < -0.39 is 0 Å². The summed E-state index contributed by atoms with van der Waals surface area (Å²) < 4.78 is 0. The molecular formula is C47H47N3OS2. The molecule has 4 aromatic rings. The second-order valence-corrected chi connectivity index (χ2v) is 16.6. The van der Waals surface area contributed by atoms with Crippen LogP contribution < -0.4 is 4.90 Å². The Kier molecular flexibility index (Phi) is 11.7. The highest BCUT2D eigenvalue weighted by Gasteiger charge is 2.33. The number of nitriles is 2. The Morgan fingerprint density at radius 2 is 1.30 bits per heavy atom. The SMILES string of the molecule is CCCCCCN(CCCCCC)c1ccc(/C=C/c2cc3c(s2)/C(=C2/CCc4cc(/C=C5\C(=O)c6ccccc6C5=C(C#N)C#N)sc42)CC3)cc1. The standard InChI is InChI=1S/C47H47N3OS2/c1-3-5-7-11-25-50(26-12-8-6-4-2)36-20-15-32(16-21-36)17-22-37-27-33-18-23-41(46(33)52-37)42-24-19-34-28-38(53-47(34)42)29-43-44(35(30-48)31-49)39-13-9-10-14-40(39)45(43)51/h9-10,13-17,20-22,27-29H,3-8,11-12,18-19,23-26H2,1-2H3/b22-17+,42-41-,43-29-. The van der Waals surface area contributed by atoms with E-state index in [9.17, 15) is 15.3 Å². The highest BCUT2D eigenvalue weighted by Crippen LogP contribution is 2.50. The van der Waals surface area contributed by atoms with E-state index in [1.807, 2.05) is 47.8 Å². The summed E-state index contributed by atoms with van der Waals surface area (Å²) in [4.78, 5) is 21.1. The summed E-state index contributed by atoms with van der Waals surface area (Å²) in [6, 6.07) is 25.1. The minimum atomic E-state index is -0.126. The van der Waals surface area contributed by atoms with Crippen molar-refractivity contribution in [2.75, 3.05) is 18.0 Å². The maximum absolute atomic E-state index is 13.5. The van der Waals surface area contributed by atoms with E-state index in [4.69, 9.17) is 0 Å². The van der Waals surface area contributed by atoms with E-state index in [-0.39, 0.29) is 11.4 Å². The van der Waals surface area contributed by atoms with Crippen molar-refractivity contribution >= 4 is 69.1 Å². The Morgan fingerprint density at radius 3 is 1.91 bits per heavy atom. The molecule has 268 valence electrons. The number of carbonyl (C=O) groups is 1. The molecule has 0 radical (unpaired) electrons. The van der Waals surface area contributed by atoms with Gasteiger partial charge in [0.15, 0.2) is 5.78 Å². The van der Waals surface area contributed by atoms with E-state index in [1.165, 1.54) is 99.5 Å². The summed E-state index contributed by atoms with van der Waals surface area (Å²) in [5, 5.41) is 19.5. The Bertz CT molecular complexity index is 2180. The van der Waals surface area contributed by atoms with Gasteiger partial charge in [-0.15, -0.1) is 22.7 Å². The summed E-state index contributed by atoms with van der Waals surface area (Å²) in [7, 11) is 0. The zero-order chi connectivity index (χ0) is 36.7. The average Bonchev–Trinajstić information content (AvgIpc) is 4.00. The molecule has 7 rings (SSSR count). The molecule has 0 amide bonds. The third kappa shape index (κ3) is 7.82. The second-order valence-electron chi connectivity index (χ2n) is 14.4. The highest BCUT2D eigenvalue weighted by atomic mass is 32.1. The van der Waals surface area contributed by atoms with Crippen LogP contribution in [0, 0.1) is 22.7 Å². The van der Waals surface area contributed by atoms with Crippen LogP contribution in [-0.4, -0.2) is 18.9 Å². The van der Waals surface area contributed by atoms with Gasteiger partial charge in [-0.3, -0.25) is 4.79 Å². The van der Waals surface area contributed by atoms with Crippen molar-refractivity contribution in [3.05, 3.63) is 119 Å². The predicted molar refractivity (Wildman–Crippen MR) is 225 cm³/mol. The fourth-order valence-electron chi connectivity index (χ4n) is 8.05. The van der Waals surface area contributed by atoms with Gasteiger partial charge >= 0.3 is 0 Å². The molecule has 2 heterocycles. The number of hydrogen-bond donors (Lipinski definition) is 0. The van der Waals surface area contributed by atoms with Crippen molar-refractivity contribution in [1.29, 1.82) is 10.5 Å². The van der Waals surface area contributed by atoms with E-state index in [2.05, 4.69) is 67.3 Å². The molecule has 0 atom stereocenters. The first-order valence-electron chi connectivity index (χ1n) is 19.4. The fourth-order valence-corrected chi connectivity index (χ4v) is 10.5. The van der Waals surface area contributed by atoms with Crippen molar-refractivity contribution < 1.29 is 4.79 Å². The average molecular weight is 734 g/mol. The molecular weight excluding hydrogens is 687 g/mol. The molecule has 3 aliphatic carbocycles. The van der Waals surface area contributed by atoms with Gasteiger partial charge < -0.3 is 4.90 Å². The number of aryl methyl sites for hydroxylation is 2. The number of ketones is 1. The molecule has 0 spiro atoms. The topological polar surface area (TPSA) is 67.9 Å². The normalized spacial score (nSPS) is 16.6. The first kappa shape index (κ1) is 36.6. The molecule has 0 saturated carbocycles. The van der Waals surface area contributed by atoms with E-state index in [0.29, 0.717) is 22.3 Å². The van der Waals surface area contributed by atoms with Gasteiger partial charge in [-0.05, 0) is 108 Å². The van der Waals surface area contributed by atoms with Gasteiger partial charge in [-0.25, -0.2) is 0 Å². The van der Waals surface area contributed by atoms with Gasteiger partial charge in [0, 0.05) is 55.0 Å². The number of unbranched alkanes of at least 4 members (excludes halogenated alkanes) is 6. The largest absolute Gasteiger partial charge is 0.372 e. The molecule has 0 aliphatic heterocycles. The number of benzene rings is 2. The predicted octanol–water partition coefficient (Wildman–Crippen LogP) is 12.8. The third-order valence-electron chi connectivity index (χ3n) is 10.8. The number of nitrogens with zero attached hydrogens (tertiary/aromatic N) is 3. The first-order chi connectivity index (χ1) is 26.0. The van der Waals surface area contributed by atoms with Gasteiger partial charge in [0.2, 0.25) is 0 Å². The Morgan fingerprint density at radius 1 is 0.717 bits per heavy atom. The molecule has 4 nitrogen and oxygen atoms in total. The number of thiophene rings is 2. The van der Waals surface area contributed by atoms with Gasteiger partial charge in [0.25, 0.3) is 0 Å². The zero-order valence-corrected chi connectivity index (χ0v) is 32.6. The van der Waals surface area contributed by atoms with Crippen LogP contribution in [0.15, 0.2) is 71.8 Å². The summed E-state index contributed by atoms with van der Waals surface area (Å²) in [5.74, 6) is -0.126. The molecule has 0 bridgehead atoms. The van der Waals surface area contributed by atoms with Crippen LogP contribution >= 0.6 is 22.7 Å². The van der Waals surface area contributed by atoms with Crippen molar-refractivity contribution in [3.8, 4) is 12.1 Å². The summed E-state index contributed by atoms with van der Waals surface area (Å²) in [5.41, 5.74) is 10.4. The van der Waals surface area contributed by atoms with Gasteiger partial charge in [0.05, 0.1) is 0 Å². The molecule has 53 heavy (non-hydrogen) atoms. The van der Waals surface area contributed by atoms with E-state index >= 15 is 0 Å². The van der Waals surface area contributed by atoms with Crippen molar-refractivity contribution in [3.63, 3.8) is 0 Å². The van der Waals surface area contributed by atoms with Crippen LogP contribution in [0.2, 0.25) is 0 Å². The molecule has 2 aromatic heterocycles. The minimum Gasteiger partial charge on any atom is -0.372 e. The van der Waals surface area contributed by atoms with Crippen molar-refractivity contribution in [2.45, 2.75) is 90.9 Å².